The van der Waals surface area contributed by atoms with Crippen LogP contribution in [0.4, 0.5) is 5.69 Å². The highest BCUT2D eigenvalue weighted by Crippen LogP contribution is 2.32. The van der Waals surface area contributed by atoms with Gasteiger partial charge in [-0.05, 0) is 30.5 Å². The van der Waals surface area contributed by atoms with Gasteiger partial charge < -0.3 is 10.8 Å². The Kier molecular flexibility index (Phi) is 3.90. The molecule has 0 saturated heterocycles. The molecule has 1 atom stereocenters. The average molecular weight is 245 g/mol. The van der Waals surface area contributed by atoms with Gasteiger partial charge in [0.15, 0.2) is 0 Å². The molecule has 0 bridgehead atoms. The first-order valence-corrected chi connectivity index (χ1v) is 6.30. The monoisotopic (exact) mass is 245 g/mol. The third-order valence-corrected chi connectivity index (χ3v) is 3.62. The lowest BCUT2D eigenvalue weighted by atomic mass is 10.0. The van der Waals surface area contributed by atoms with E-state index in [1.54, 1.807) is 25.1 Å². The van der Waals surface area contributed by atoms with E-state index < -0.39 is 15.4 Å². The fourth-order valence-corrected chi connectivity index (χ4v) is 2.73. The minimum atomic E-state index is -4.27. The molecule has 1 aromatic rings. The first kappa shape index (κ1) is 13.0. The Morgan fingerprint density at radius 2 is 2.06 bits per heavy atom. The summed E-state index contributed by atoms with van der Waals surface area (Å²) in [5, 5.41) is 7.66. The van der Waals surface area contributed by atoms with Crippen LogP contribution < -0.4 is 5.73 Å². The Bertz CT molecular complexity index is 449. The van der Waals surface area contributed by atoms with E-state index in [4.69, 9.17) is 15.4 Å². The van der Waals surface area contributed by atoms with E-state index >= 15 is 0 Å². The molecule has 4 N–H and O–H groups in total. The molecular weight excluding hydrogens is 230 g/mol. The summed E-state index contributed by atoms with van der Waals surface area (Å²) in [6.07, 6.45) is -0.0755. The van der Waals surface area contributed by atoms with E-state index in [0.717, 1.165) is 0 Å². The van der Waals surface area contributed by atoms with E-state index in [0.29, 0.717) is 16.8 Å². The second-order valence-electron chi connectivity index (χ2n) is 3.59. The average Bonchev–Trinajstić information content (AvgIpc) is 2.14. The number of hydrogen-bond acceptors (Lipinski definition) is 4. The smallest absolute Gasteiger partial charge is 0.272 e. The van der Waals surface area contributed by atoms with Crippen LogP contribution in [0.25, 0.3) is 0 Å². The second-order valence-corrected chi connectivity index (χ2v) is 5.19. The summed E-state index contributed by atoms with van der Waals surface area (Å²) in [5.74, 6) is 0. The Labute approximate surface area is 94.7 Å². The van der Waals surface area contributed by atoms with Gasteiger partial charge in [0, 0.05) is 12.3 Å². The Hall–Kier alpha value is -1.11. The first-order chi connectivity index (χ1) is 7.38. The summed E-state index contributed by atoms with van der Waals surface area (Å²) in [7, 11) is -4.27. The largest absolute Gasteiger partial charge is 0.398 e. The van der Waals surface area contributed by atoms with Crippen molar-refractivity contribution in [3.8, 4) is 0 Å². The highest BCUT2D eigenvalue weighted by molar-refractivity contribution is 7.86. The summed E-state index contributed by atoms with van der Waals surface area (Å²) in [5.41, 5.74) is 7.03. The lowest BCUT2D eigenvalue weighted by Crippen LogP contribution is -2.16. The molecule has 0 fully saturated rings. The van der Waals surface area contributed by atoms with E-state index in [2.05, 4.69) is 0 Å². The molecule has 0 aliphatic carbocycles. The number of nitrogens with two attached hydrogens (primary N) is 1. The topological polar surface area (TPSA) is 101 Å². The minimum absolute atomic E-state index is 0.0755. The summed E-state index contributed by atoms with van der Waals surface area (Å²) >= 11 is 0. The highest BCUT2D eigenvalue weighted by atomic mass is 32.2. The number of aryl methyl sites for hydroxylation is 1. The van der Waals surface area contributed by atoms with Gasteiger partial charge in [-0.1, -0.05) is 12.1 Å². The van der Waals surface area contributed by atoms with Gasteiger partial charge in [0.05, 0.1) is 0 Å². The van der Waals surface area contributed by atoms with Crippen molar-refractivity contribution >= 4 is 15.8 Å². The van der Waals surface area contributed by atoms with Crippen molar-refractivity contribution in [1.82, 2.24) is 0 Å². The van der Waals surface area contributed by atoms with Gasteiger partial charge in [0.2, 0.25) is 0 Å². The number of nitrogen functional groups attached to an aromatic ring is 1. The maximum atomic E-state index is 11.2. The van der Waals surface area contributed by atoms with E-state index in [9.17, 15) is 8.42 Å². The quantitative estimate of drug-likeness (QED) is 0.540. The lowest BCUT2D eigenvalue weighted by molar-refractivity contribution is 0.283. The van der Waals surface area contributed by atoms with Crippen molar-refractivity contribution in [2.24, 2.45) is 0 Å². The van der Waals surface area contributed by atoms with Crippen molar-refractivity contribution in [1.29, 1.82) is 0 Å². The third kappa shape index (κ3) is 2.72. The van der Waals surface area contributed by atoms with E-state index in [1.807, 2.05) is 0 Å². The standard InChI is InChI=1S/C10H15NO4S/c1-7-3-2-4-8(11)10(7)9(5-6-12)16(13,14)15/h2-4,9,12H,5-6,11H2,1H3,(H,13,14,15). The molecule has 6 heteroatoms. The lowest BCUT2D eigenvalue weighted by Gasteiger charge is -2.17. The van der Waals surface area contributed by atoms with Crippen LogP contribution in [0.1, 0.15) is 22.8 Å². The maximum Gasteiger partial charge on any atom is 0.272 e. The Morgan fingerprint density at radius 1 is 1.44 bits per heavy atom. The van der Waals surface area contributed by atoms with Crippen LogP contribution in [-0.4, -0.2) is 24.7 Å². The number of anilines is 1. The van der Waals surface area contributed by atoms with Gasteiger partial charge in [-0.15, -0.1) is 0 Å². The molecule has 0 spiro atoms. The first-order valence-electron chi connectivity index (χ1n) is 4.80. The zero-order valence-corrected chi connectivity index (χ0v) is 9.74. The van der Waals surface area contributed by atoms with Gasteiger partial charge in [0.25, 0.3) is 10.1 Å². The molecule has 0 amide bonds. The molecule has 1 rings (SSSR count). The summed E-state index contributed by atoms with van der Waals surface area (Å²) in [6.45, 7) is 1.37. The predicted molar refractivity (Wildman–Crippen MR) is 61.6 cm³/mol. The van der Waals surface area contributed by atoms with Crippen molar-refractivity contribution in [3.63, 3.8) is 0 Å². The third-order valence-electron chi connectivity index (χ3n) is 2.43. The molecular formula is C10H15NO4S. The zero-order valence-electron chi connectivity index (χ0n) is 8.92. The fraction of sp³-hybridized carbons (Fsp3) is 0.400. The van der Waals surface area contributed by atoms with Gasteiger partial charge in [0.1, 0.15) is 5.25 Å². The fourth-order valence-electron chi connectivity index (χ4n) is 1.70. The molecule has 0 aliphatic heterocycles. The van der Waals surface area contributed by atoms with Crippen LogP contribution in [0.5, 0.6) is 0 Å². The summed E-state index contributed by atoms with van der Waals surface area (Å²) in [4.78, 5) is 0. The molecule has 0 aliphatic rings. The molecule has 16 heavy (non-hydrogen) atoms. The predicted octanol–water partition coefficient (Wildman–Crippen LogP) is 0.889. The van der Waals surface area contributed by atoms with Crippen LogP contribution in [0, 0.1) is 6.92 Å². The normalized spacial score (nSPS) is 13.7. The number of rotatable bonds is 4. The number of aliphatic hydroxyl groups is 1. The Balaban J connectivity index is 3.32. The molecule has 1 aromatic carbocycles. The van der Waals surface area contributed by atoms with E-state index in [1.165, 1.54) is 0 Å². The van der Waals surface area contributed by atoms with Gasteiger partial charge in [-0.3, -0.25) is 4.55 Å². The molecule has 1 unspecified atom stereocenters. The zero-order chi connectivity index (χ0) is 12.3. The highest BCUT2D eigenvalue weighted by Gasteiger charge is 2.27. The number of benzene rings is 1. The number of aliphatic hydroxyl groups excluding tert-OH is 1. The van der Waals surface area contributed by atoms with Gasteiger partial charge in [-0.25, -0.2) is 0 Å². The van der Waals surface area contributed by atoms with E-state index in [-0.39, 0.29) is 13.0 Å². The molecule has 0 aromatic heterocycles. The summed E-state index contributed by atoms with van der Waals surface area (Å²) in [6, 6.07) is 4.98. The van der Waals surface area contributed by atoms with Gasteiger partial charge >= 0.3 is 0 Å². The van der Waals surface area contributed by atoms with Crippen LogP contribution >= 0.6 is 0 Å². The summed E-state index contributed by atoms with van der Waals surface area (Å²) < 4.78 is 31.5. The second kappa shape index (κ2) is 4.82. The SMILES string of the molecule is Cc1cccc(N)c1C(CCO)S(=O)(=O)O. The van der Waals surface area contributed by atoms with Crippen LogP contribution in [0.2, 0.25) is 0 Å². The minimum Gasteiger partial charge on any atom is -0.398 e. The Morgan fingerprint density at radius 3 is 2.50 bits per heavy atom. The maximum absolute atomic E-state index is 11.2. The van der Waals surface area contributed by atoms with Crippen molar-refractivity contribution in [3.05, 3.63) is 29.3 Å². The van der Waals surface area contributed by atoms with Crippen LogP contribution in [0.3, 0.4) is 0 Å². The van der Waals surface area contributed by atoms with Crippen LogP contribution in [0.15, 0.2) is 18.2 Å². The molecule has 0 saturated carbocycles. The number of hydrogen-bond donors (Lipinski definition) is 3. The van der Waals surface area contributed by atoms with Crippen molar-refractivity contribution < 1.29 is 18.1 Å². The van der Waals surface area contributed by atoms with Gasteiger partial charge in [-0.2, -0.15) is 8.42 Å². The van der Waals surface area contributed by atoms with Crippen molar-refractivity contribution in [2.45, 2.75) is 18.6 Å². The molecule has 0 radical (unpaired) electrons. The molecule has 90 valence electrons. The molecule has 5 nitrogen and oxygen atoms in total. The molecule has 0 heterocycles. The van der Waals surface area contributed by atoms with Crippen LogP contribution in [-0.2, 0) is 10.1 Å². The van der Waals surface area contributed by atoms with Crippen molar-refractivity contribution in [2.75, 3.05) is 12.3 Å².